The minimum atomic E-state index is 0.585. The molecule has 1 aliphatic heterocycles. The van der Waals surface area contributed by atoms with Crippen LogP contribution in [-0.2, 0) is 5.75 Å². The fourth-order valence-corrected chi connectivity index (χ4v) is 3.43. The lowest BCUT2D eigenvalue weighted by molar-refractivity contribution is 0.171. The van der Waals surface area contributed by atoms with Gasteiger partial charge < -0.3 is 15.2 Å². The van der Waals surface area contributed by atoms with Crippen molar-refractivity contribution in [2.24, 2.45) is 0 Å². The average molecular weight is 301 g/mol. The standard InChI is InChI=1S/C17H19NO2S/c1-11-5-12(2)7-13(6-11)10-21-17-9-16-15(8-14(17)18)19-3-4-20-16/h5-9H,3-4,10,18H2,1-2H3. The van der Waals surface area contributed by atoms with Crippen molar-refractivity contribution in [3.05, 3.63) is 47.0 Å². The van der Waals surface area contributed by atoms with Crippen molar-refractivity contribution in [1.29, 1.82) is 0 Å². The fraction of sp³-hybridized carbons (Fsp3) is 0.294. The van der Waals surface area contributed by atoms with E-state index in [1.807, 2.05) is 12.1 Å². The number of benzene rings is 2. The van der Waals surface area contributed by atoms with Crippen LogP contribution < -0.4 is 15.2 Å². The van der Waals surface area contributed by atoms with Crippen LogP contribution in [0.4, 0.5) is 5.69 Å². The van der Waals surface area contributed by atoms with Gasteiger partial charge in [-0.1, -0.05) is 29.3 Å². The van der Waals surface area contributed by atoms with Gasteiger partial charge in [0.1, 0.15) is 13.2 Å². The molecule has 2 aromatic rings. The predicted molar refractivity (Wildman–Crippen MR) is 87.3 cm³/mol. The van der Waals surface area contributed by atoms with Gasteiger partial charge >= 0.3 is 0 Å². The Hall–Kier alpha value is -1.81. The van der Waals surface area contributed by atoms with E-state index in [4.69, 9.17) is 15.2 Å². The summed E-state index contributed by atoms with van der Waals surface area (Å²) in [5.41, 5.74) is 10.8. The minimum Gasteiger partial charge on any atom is -0.486 e. The second-order valence-electron chi connectivity index (χ2n) is 5.32. The summed E-state index contributed by atoms with van der Waals surface area (Å²) in [5, 5.41) is 0. The van der Waals surface area contributed by atoms with Crippen LogP contribution in [0.5, 0.6) is 11.5 Å². The van der Waals surface area contributed by atoms with Gasteiger partial charge in [-0.2, -0.15) is 0 Å². The van der Waals surface area contributed by atoms with Crippen LogP contribution in [0.25, 0.3) is 0 Å². The number of rotatable bonds is 3. The number of fused-ring (bicyclic) bond motifs is 1. The summed E-state index contributed by atoms with van der Waals surface area (Å²) in [4.78, 5) is 1.04. The largest absolute Gasteiger partial charge is 0.486 e. The lowest BCUT2D eigenvalue weighted by Crippen LogP contribution is -2.15. The quantitative estimate of drug-likeness (QED) is 0.688. The predicted octanol–water partition coefficient (Wildman–Crippen LogP) is 3.95. The molecule has 21 heavy (non-hydrogen) atoms. The molecular formula is C17H19NO2S. The van der Waals surface area contributed by atoms with Crippen LogP contribution in [0.1, 0.15) is 16.7 Å². The Morgan fingerprint density at radius 1 is 0.952 bits per heavy atom. The Labute approximate surface area is 129 Å². The van der Waals surface area contributed by atoms with Crippen molar-refractivity contribution < 1.29 is 9.47 Å². The fourth-order valence-electron chi connectivity index (χ4n) is 2.52. The summed E-state index contributed by atoms with van der Waals surface area (Å²) in [6, 6.07) is 10.5. The topological polar surface area (TPSA) is 44.5 Å². The molecule has 1 aliphatic rings. The zero-order valence-corrected chi connectivity index (χ0v) is 13.1. The van der Waals surface area contributed by atoms with E-state index in [9.17, 15) is 0 Å². The highest BCUT2D eigenvalue weighted by Crippen LogP contribution is 2.39. The van der Waals surface area contributed by atoms with Gasteiger partial charge in [-0.25, -0.2) is 0 Å². The monoisotopic (exact) mass is 301 g/mol. The van der Waals surface area contributed by atoms with Gasteiger partial charge in [0.2, 0.25) is 0 Å². The van der Waals surface area contributed by atoms with Crippen LogP contribution >= 0.6 is 11.8 Å². The molecule has 0 saturated carbocycles. The number of aryl methyl sites for hydroxylation is 2. The summed E-state index contributed by atoms with van der Waals surface area (Å²) in [5.74, 6) is 2.43. The first kappa shape index (κ1) is 14.1. The highest BCUT2D eigenvalue weighted by molar-refractivity contribution is 7.98. The Morgan fingerprint density at radius 2 is 1.57 bits per heavy atom. The lowest BCUT2D eigenvalue weighted by atomic mass is 10.1. The van der Waals surface area contributed by atoms with E-state index in [2.05, 4.69) is 32.0 Å². The van der Waals surface area contributed by atoms with Crippen LogP contribution in [0.3, 0.4) is 0 Å². The molecule has 0 amide bonds. The van der Waals surface area contributed by atoms with E-state index in [0.717, 1.165) is 27.8 Å². The average Bonchev–Trinajstić information content (AvgIpc) is 2.44. The smallest absolute Gasteiger partial charge is 0.163 e. The second-order valence-corrected chi connectivity index (χ2v) is 6.34. The van der Waals surface area contributed by atoms with E-state index >= 15 is 0 Å². The Balaban J connectivity index is 1.78. The zero-order valence-electron chi connectivity index (χ0n) is 12.3. The Morgan fingerprint density at radius 3 is 2.24 bits per heavy atom. The molecule has 0 spiro atoms. The summed E-state index contributed by atoms with van der Waals surface area (Å²) in [7, 11) is 0. The number of nitrogen functional groups attached to an aromatic ring is 1. The van der Waals surface area contributed by atoms with Gasteiger partial charge in [-0.3, -0.25) is 0 Å². The summed E-state index contributed by atoms with van der Waals surface area (Å²) < 4.78 is 11.2. The van der Waals surface area contributed by atoms with Gasteiger partial charge in [0.15, 0.2) is 11.5 Å². The summed E-state index contributed by atoms with van der Waals surface area (Å²) >= 11 is 1.73. The van der Waals surface area contributed by atoms with Crippen LogP contribution in [0.2, 0.25) is 0 Å². The molecule has 0 unspecified atom stereocenters. The third kappa shape index (κ3) is 3.27. The third-order valence-electron chi connectivity index (χ3n) is 3.35. The normalized spacial score (nSPS) is 13.2. The number of hydrogen-bond acceptors (Lipinski definition) is 4. The molecule has 3 nitrogen and oxygen atoms in total. The van der Waals surface area contributed by atoms with Crippen molar-refractivity contribution in [2.45, 2.75) is 24.5 Å². The molecule has 0 fully saturated rings. The molecule has 2 aromatic carbocycles. The Kier molecular flexibility index (Phi) is 3.97. The number of nitrogens with two attached hydrogens (primary N) is 1. The maximum Gasteiger partial charge on any atom is 0.163 e. The molecule has 4 heteroatoms. The molecule has 0 aromatic heterocycles. The van der Waals surface area contributed by atoms with Crippen LogP contribution in [0.15, 0.2) is 35.2 Å². The van der Waals surface area contributed by atoms with Crippen molar-refractivity contribution in [1.82, 2.24) is 0 Å². The van der Waals surface area contributed by atoms with E-state index < -0.39 is 0 Å². The molecule has 0 saturated heterocycles. The number of hydrogen-bond donors (Lipinski definition) is 1. The number of thioether (sulfide) groups is 1. The minimum absolute atomic E-state index is 0.585. The summed E-state index contributed by atoms with van der Waals surface area (Å²) in [6.07, 6.45) is 0. The van der Waals surface area contributed by atoms with Crippen molar-refractivity contribution in [3.63, 3.8) is 0 Å². The van der Waals surface area contributed by atoms with E-state index in [1.54, 1.807) is 11.8 Å². The molecule has 0 atom stereocenters. The molecule has 0 aliphatic carbocycles. The SMILES string of the molecule is Cc1cc(C)cc(CSc2cc3c(cc2N)OCCO3)c1. The first-order chi connectivity index (χ1) is 10.1. The van der Waals surface area contributed by atoms with E-state index in [-0.39, 0.29) is 0 Å². The molecular weight excluding hydrogens is 282 g/mol. The molecule has 0 bridgehead atoms. The van der Waals surface area contributed by atoms with Crippen molar-refractivity contribution in [2.75, 3.05) is 18.9 Å². The van der Waals surface area contributed by atoms with Gasteiger partial charge in [0.05, 0.1) is 0 Å². The highest BCUT2D eigenvalue weighted by atomic mass is 32.2. The van der Waals surface area contributed by atoms with E-state index in [1.165, 1.54) is 16.7 Å². The van der Waals surface area contributed by atoms with Gasteiger partial charge in [0.25, 0.3) is 0 Å². The number of ether oxygens (including phenoxy) is 2. The number of anilines is 1. The van der Waals surface area contributed by atoms with Gasteiger partial charge in [0, 0.05) is 22.4 Å². The molecule has 2 N–H and O–H groups in total. The van der Waals surface area contributed by atoms with Gasteiger partial charge in [-0.05, 0) is 25.5 Å². The van der Waals surface area contributed by atoms with Crippen molar-refractivity contribution >= 4 is 17.4 Å². The molecule has 1 heterocycles. The van der Waals surface area contributed by atoms with Crippen LogP contribution in [0, 0.1) is 13.8 Å². The third-order valence-corrected chi connectivity index (χ3v) is 4.49. The second kappa shape index (κ2) is 5.90. The van der Waals surface area contributed by atoms with Crippen molar-refractivity contribution in [3.8, 4) is 11.5 Å². The Bertz CT molecular complexity index is 650. The first-order valence-electron chi connectivity index (χ1n) is 7.01. The summed E-state index contributed by atoms with van der Waals surface area (Å²) in [6.45, 7) is 5.43. The van der Waals surface area contributed by atoms with Crippen LogP contribution in [-0.4, -0.2) is 13.2 Å². The van der Waals surface area contributed by atoms with E-state index in [0.29, 0.717) is 13.2 Å². The molecule has 110 valence electrons. The van der Waals surface area contributed by atoms with Gasteiger partial charge in [-0.15, -0.1) is 11.8 Å². The maximum absolute atomic E-state index is 6.11. The zero-order chi connectivity index (χ0) is 14.8. The maximum atomic E-state index is 6.11. The first-order valence-corrected chi connectivity index (χ1v) is 7.99. The highest BCUT2D eigenvalue weighted by Gasteiger charge is 2.15. The molecule has 3 rings (SSSR count). The molecule has 0 radical (unpaired) electrons. The lowest BCUT2D eigenvalue weighted by Gasteiger charge is -2.20.